The number of ether oxygens (including phenoxy) is 4. The van der Waals surface area contributed by atoms with E-state index in [0.29, 0.717) is 0 Å². The van der Waals surface area contributed by atoms with Gasteiger partial charge in [-0.25, -0.2) is 19.2 Å². The van der Waals surface area contributed by atoms with Crippen LogP contribution in [0.4, 0.5) is 0 Å². The Hall–Kier alpha value is -3.50. The number of esters is 4. The number of carbonyl (C=O) groups excluding carboxylic acids is 6. The fourth-order valence-corrected chi connectivity index (χ4v) is 2.30. The number of amides is 2. The number of methoxy groups -OCH3 is 2. The van der Waals surface area contributed by atoms with Crippen molar-refractivity contribution in [2.75, 3.05) is 34.0 Å². The van der Waals surface area contributed by atoms with Crippen molar-refractivity contribution in [3.05, 3.63) is 24.3 Å². The van der Waals surface area contributed by atoms with Gasteiger partial charge in [0.1, 0.15) is 0 Å². The maximum Gasteiger partial charge on any atom is 0.331 e. The van der Waals surface area contributed by atoms with Gasteiger partial charge in [-0.15, -0.1) is 0 Å². The summed E-state index contributed by atoms with van der Waals surface area (Å²) in [7, 11) is 2.30. The van der Waals surface area contributed by atoms with E-state index in [2.05, 4.69) is 9.47 Å². The molecule has 0 aromatic heterocycles. The second kappa shape index (κ2) is 12.9. The molecule has 1 heterocycles. The number of imide groups is 1. The van der Waals surface area contributed by atoms with Crippen molar-refractivity contribution >= 4 is 35.7 Å². The molecule has 0 radical (unpaired) electrons. The van der Waals surface area contributed by atoms with Crippen LogP contribution in [0.25, 0.3) is 0 Å². The lowest BCUT2D eigenvalue weighted by Gasteiger charge is -2.20. The van der Waals surface area contributed by atoms with E-state index in [4.69, 9.17) is 9.47 Å². The van der Waals surface area contributed by atoms with Gasteiger partial charge in [-0.3, -0.25) is 14.5 Å². The van der Waals surface area contributed by atoms with Crippen LogP contribution in [0.2, 0.25) is 0 Å². The molecule has 30 heavy (non-hydrogen) atoms. The molecule has 11 nitrogen and oxygen atoms in total. The summed E-state index contributed by atoms with van der Waals surface area (Å²) in [5.41, 5.74) is 0. The summed E-state index contributed by atoms with van der Waals surface area (Å²) in [5.74, 6) is -4.25. The molecular formula is C19H23NO10. The van der Waals surface area contributed by atoms with Gasteiger partial charge in [0.15, 0.2) is 0 Å². The van der Waals surface area contributed by atoms with Gasteiger partial charge >= 0.3 is 23.9 Å². The smallest absolute Gasteiger partial charge is 0.331 e. The summed E-state index contributed by atoms with van der Waals surface area (Å²) in [5, 5.41) is 0. The van der Waals surface area contributed by atoms with Crippen molar-refractivity contribution in [3.63, 3.8) is 0 Å². The topological polar surface area (TPSA) is 143 Å². The Morgan fingerprint density at radius 1 is 0.800 bits per heavy atom. The lowest BCUT2D eigenvalue weighted by Crippen LogP contribution is -2.33. The average Bonchev–Trinajstić information content (AvgIpc) is 3.06. The van der Waals surface area contributed by atoms with Crippen LogP contribution in [0.1, 0.15) is 19.3 Å². The monoisotopic (exact) mass is 425 g/mol. The summed E-state index contributed by atoms with van der Waals surface area (Å²) >= 11 is 0. The SMILES string of the molecule is COC(=O)/C=C/C(=O)OCC(CCN1C(=O)CCC1=O)COC(=O)/C=C/C(=O)OC. The average molecular weight is 425 g/mol. The van der Waals surface area contributed by atoms with Crippen molar-refractivity contribution in [1.82, 2.24) is 4.90 Å². The molecular weight excluding hydrogens is 402 g/mol. The van der Waals surface area contributed by atoms with Crippen LogP contribution in [-0.2, 0) is 47.7 Å². The molecule has 1 saturated heterocycles. The number of hydrogen-bond donors (Lipinski definition) is 0. The molecule has 1 aliphatic rings. The van der Waals surface area contributed by atoms with Crippen LogP contribution < -0.4 is 0 Å². The first-order valence-electron chi connectivity index (χ1n) is 8.95. The highest BCUT2D eigenvalue weighted by Gasteiger charge is 2.29. The van der Waals surface area contributed by atoms with E-state index in [-0.39, 0.29) is 50.8 Å². The molecule has 0 bridgehead atoms. The molecule has 0 N–H and O–H groups in total. The third-order valence-electron chi connectivity index (χ3n) is 3.95. The largest absolute Gasteiger partial charge is 0.466 e. The predicted molar refractivity (Wildman–Crippen MR) is 98.3 cm³/mol. The first-order chi connectivity index (χ1) is 14.3. The van der Waals surface area contributed by atoms with Crippen molar-refractivity contribution in [1.29, 1.82) is 0 Å². The minimum Gasteiger partial charge on any atom is -0.466 e. The molecule has 11 heteroatoms. The van der Waals surface area contributed by atoms with Gasteiger partial charge in [0.2, 0.25) is 11.8 Å². The van der Waals surface area contributed by atoms with E-state index in [0.717, 1.165) is 43.4 Å². The Bertz CT molecular complexity index is 682. The van der Waals surface area contributed by atoms with Crippen LogP contribution in [0.5, 0.6) is 0 Å². The summed E-state index contributed by atoms with van der Waals surface area (Å²) in [6.45, 7) is -0.323. The number of nitrogens with zero attached hydrogens (tertiary/aromatic N) is 1. The van der Waals surface area contributed by atoms with E-state index in [9.17, 15) is 28.8 Å². The van der Waals surface area contributed by atoms with Crippen LogP contribution in [0.15, 0.2) is 24.3 Å². The van der Waals surface area contributed by atoms with E-state index < -0.39 is 29.8 Å². The normalized spacial score (nSPS) is 13.9. The Morgan fingerprint density at radius 3 is 1.60 bits per heavy atom. The Balaban J connectivity index is 2.63. The second-order valence-corrected chi connectivity index (χ2v) is 6.07. The fourth-order valence-electron chi connectivity index (χ4n) is 2.30. The molecule has 1 aliphatic heterocycles. The summed E-state index contributed by atoms with van der Waals surface area (Å²) in [4.78, 5) is 69.9. The highest BCUT2D eigenvalue weighted by molar-refractivity contribution is 6.01. The standard InChI is InChI=1S/C19H23NO10/c1-27-16(23)5-7-18(25)29-11-13(9-10-20-14(21)3-4-15(20)22)12-30-19(26)8-6-17(24)28-2/h5-8,13H,3-4,9-12H2,1-2H3/b7-5+,8-6+. The van der Waals surface area contributed by atoms with Gasteiger partial charge in [-0.2, -0.15) is 0 Å². The van der Waals surface area contributed by atoms with E-state index in [1.807, 2.05) is 0 Å². The summed E-state index contributed by atoms with van der Waals surface area (Å²) in [6, 6.07) is 0. The molecule has 2 amide bonds. The zero-order valence-electron chi connectivity index (χ0n) is 16.7. The first-order valence-corrected chi connectivity index (χ1v) is 8.95. The molecule has 0 aromatic rings. The zero-order valence-corrected chi connectivity index (χ0v) is 16.7. The first kappa shape index (κ1) is 24.5. The number of carbonyl (C=O) groups is 6. The summed E-state index contributed by atoms with van der Waals surface area (Å²) < 4.78 is 18.7. The van der Waals surface area contributed by atoms with Crippen LogP contribution in [-0.4, -0.2) is 74.6 Å². The van der Waals surface area contributed by atoms with Crippen LogP contribution in [0.3, 0.4) is 0 Å². The van der Waals surface area contributed by atoms with Gasteiger partial charge in [0.05, 0.1) is 27.4 Å². The van der Waals surface area contributed by atoms with Gasteiger partial charge < -0.3 is 18.9 Å². The van der Waals surface area contributed by atoms with Gasteiger partial charge in [0, 0.05) is 49.6 Å². The van der Waals surface area contributed by atoms with Crippen molar-refractivity contribution in [2.45, 2.75) is 19.3 Å². The maximum atomic E-state index is 11.7. The lowest BCUT2D eigenvalue weighted by molar-refractivity contribution is -0.145. The highest BCUT2D eigenvalue weighted by atomic mass is 16.5. The molecule has 1 rings (SSSR count). The van der Waals surface area contributed by atoms with Gasteiger partial charge in [0.25, 0.3) is 0 Å². The van der Waals surface area contributed by atoms with Gasteiger partial charge in [-0.05, 0) is 6.42 Å². The fraction of sp³-hybridized carbons (Fsp3) is 0.474. The zero-order chi connectivity index (χ0) is 22.5. The van der Waals surface area contributed by atoms with Crippen molar-refractivity contribution < 1.29 is 47.7 Å². The quantitative estimate of drug-likeness (QED) is 0.187. The number of likely N-dealkylation sites (tertiary alicyclic amines) is 1. The number of rotatable bonds is 11. The Kier molecular flexibility index (Phi) is 10.5. The van der Waals surface area contributed by atoms with Crippen molar-refractivity contribution in [3.8, 4) is 0 Å². The number of hydrogen-bond acceptors (Lipinski definition) is 10. The maximum absolute atomic E-state index is 11.7. The third kappa shape index (κ3) is 9.13. The lowest BCUT2D eigenvalue weighted by atomic mass is 10.1. The third-order valence-corrected chi connectivity index (χ3v) is 3.95. The predicted octanol–water partition coefficient (Wildman–Crippen LogP) is -0.313. The molecule has 0 atom stereocenters. The molecule has 0 saturated carbocycles. The molecule has 0 spiro atoms. The molecule has 0 aromatic carbocycles. The summed E-state index contributed by atoms with van der Waals surface area (Å²) in [6.07, 6.45) is 4.02. The van der Waals surface area contributed by atoms with Crippen LogP contribution in [0, 0.1) is 5.92 Å². The second-order valence-electron chi connectivity index (χ2n) is 6.07. The van der Waals surface area contributed by atoms with Crippen LogP contribution >= 0.6 is 0 Å². The van der Waals surface area contributed by atoms with E-state index >= 15 is 0 Å². The Labute approximate surface area is 172 Å². The van der Waals surface area contributed by atoms with E-state index in [1.54, 1.807) is 0 Å². The minimum absolute atomic E-state index is 0.0768. The molecule has 0 aliphatic carbocycles. The highest BCUT2D eigenvalue weighted by Crippen LogP contribution is 2.15. The van der Waals surface area contributed by atoms with E-state index in [1.165, 1.54) is 0 Å². The van der Waals surface area contributed by atoms with Gasteiger partial charge in [-0.1, -0.05) is 0 Å². The minimum atomic E-state index is -0.823. The molecule has 164 valence electrons. The molecule has 1 fully saturated rings. The van der Waals surface area contributed by atoms with Crippen molar-refractivity contribution in [2.24, 2.45) is 5.92 Å². The Morgan fingerprint density at radius 2 is 1.20 bits per heavy atom. The molecule has 0 unspecified atom stereocenters.